The molecule has 5 heteroatoms. The average Bonchev–Trinajstić information content (AvgIpc) is 2.48. The fourth-order valence-electron chi connectivity index (χ4n) is 1.83. The molecule has 1 aliphatic rings. The van der Waals surface area contributed by atoms with Gasteiger partial charge in [-0.2, -0.15) is 0 Å². The number of halogens is 1. The monoisotopic (exact) mass is 296 g/mol. The third-order valence-electron chi connectivity index (χ3n) is 2.90. The maximum absolute atomic E-state index is 5.58. The summed E-state index contributed by atoms with van der Waals surface area (Å²) >= 11 is 0. The number of rotatable bonds is 4. The van der Waals surface area contributed by atoms with Gasteiger partial charge in [-0.15, -0.1) is 0 Å². The highest BCUT2D eigenvalue weighted by Gasteiger charge is 2.07. The molecule has 4 nitrogen and oxygen atoms in total. The predicted molar refractivity (Wildman–Crippen MR) is 73.5 cm³/mol. The van der Waals surface area contributed by atoms with Crippen LogP contribution in [0.5, 0.6) is 11.5 Å². The summed E-state index contributed by atoms with van der Waals surface area (Å²) in [6.07, 6.45) is 0. The first-order chi connectivity index (χ1) is 9.40. The van der Waals surface area contributed by atoms with E-state index in [4.69, 9.17) is 14.2 Å². The molecular formula is C15H19ClNO3-. The van der Waals surface area contributed by atoms with Gasteiger partial charge in [-0.05, 0) is 12.1 Å². The molecule has 0 aliphatic carbocycles. The zero-order valence-corrected chi connectivity index (χ0v) is 12.4. The Hall–Kier alpha value is -1.41. The summed E-state index contributed by atoms with van der Waals surface area (Å²) in [5, 5.41) is 0. The molecule has 1 heterocycles. The second-order valence-electron chi connectivity index (χ2n) is 4.18. The van der Waals surface area contributed by atoms with Gasteiger partial charge in [0.05, 0.1) is 26.9 Å². The van der Waals surface area contributed by atoms with Crippen LogP contribution in [0.2, 0.25) is 0 Å². The molecule has 0 saturated carbocycles. The third kappa shape index (κ3) is 5.30. The number of methoxy groups -OCH3 is 1. The van der Waals surface area contributed by atoms with Crippen LogP contribution < -0.4 is 21.9 Å². The van der Waals surface area contributed by atoms with Gasteiger partial charge in [0, 0.05) is 13.1 Å². The first-order valence-electron chi connectivity index (χ1n) is 6.42. The Morgan fingerprint density at radius 2 is 1.85 bits per heavy atom. The summed E-state index contributed by atoms with van der Waals surface area (Å²) in [6.45, 7) is 4.69. The van der Waals surface area contributed by atoms with E-state index < -0.39 is 0 Å². The van der Waals surface area contributed by atoms with Crippen molar-refractivity contribution < 1.29 is 26.6 Å². The number of nitrogens with zero attached hydrogens (tertiary/aromatic N) is 1. The van der Waals surface area contributed by atoms with Gasteiger partial charge < -0.3 is 26.6 Å². The molecule has 0 spiro atoms. The molecule has 1 aromatic rings. The standard InChI is InChI=1S/C15H19NO3.ClH/c1-17-14-6-2-3-7-15(14)19-11-5-4-8-16-9-12-18-13-10-16;/h2-3,6-7H,8-13H2,1H3;1H/p-1. The van der Waals surface area contributed by atoms with E-state index in [2.05, 4.69) is 16.7 Å². The molecule has 20 heavy (non-hydrogen) atoms. The Balaban J connectivity index is 0.00000200. The molecule has 0 bridgehead atoms. The number of ether oxygens (including phenoxy) is 3. The summed E-state index contributed by atoms with van der Waals surface area (Å²) in [6, 6.07) is 7.58. The quantitative estimate of drug-likeness (QED) is 0.627. The third-order valence-corrected chi connectivity index (χ3v) is 2.90. The molecule has 110 valence electrons. The highest BCUT2D eigenvalue weighted by Crippen LogP contribution is 2.25. The fraction of sp³-hybridized carbons (Fsp3) is 0.467. The highest BCUT2D eigenvalue weighted by molar-refractivity contribution is 5.39. The normalized spacial score (nSPS) is 14.7. The van der Waals surface area contributed by atoms with E-state index in [0.717, 1.165) is 44.3 Å². The van der Waals surface area contributed by atoms with Crippen LogP contribution in [0.1, 0.15) is 0 Å². The zero-order chi connectivity index (χ0) is 13.3. The van der Waals surface area contributed by atoms with Gasteiger partial charge in [-0.3, -0.25) is 4.90 Å². The van der Waals surface area contributed by atoms with Crippen LogP contribution in [0.25, 0.3) is 0 Å². The molecular weight excluding hydrogens is 278 g/mol. The minimum Gasteiger partial charge on any atom is -1.00 e. The molecule has 0 amide bonds. The van der Waals surface area contributed by atoms with Gasteiger partial charge in [0.15, 0.2) is 11.5 Å². The van der Waals surface area contributed by atoms with Crippen molar-refractivity contribution in [2.24, 2.45) is 0 Å². The number of para-hydroxylation sites is 2. The van der Waals surface area contributed by atoms with Crippen LogP contribution in [0.3, 0.4) is 0 Å². The lowest BCUT2D eigenvalue weighted by atomic mass is 10.3. The van der Waals surface area contributed by atoms with Crippen LogP contribution in [-0.2, 0) is 4.74 Å². The SMILES string of the molecule is COc1ccccc1OCC#CCN1CCOCC1.[Cl-]. The van der Waals surface area contributed by atoms with Gasteiger partial charge in [-0.1, -0.05) is 24.0 Å². The van der Waals surface area contributed by atoms with Gasteiger partial charge in [-0.25, -0.2) is 0 Å². The van der Waals surface area contributed by atoms with E-state index in [-0.39, 0.29) is 12.4 Å². The molecule has 1 fully saturated rings. The Morgan fingerprint density at radius 3 is 2.55 bits per heavy atom. The number of hydrogen-bond donors (Lipinski definition) is 0. The summed E-state index contributed by atoms with van der Waals surface area (Å²) < 4.78 is 16.1. The van der Waals surface area contributed by atoms with Crippen LogP contribution in [0, 0.1) is 11.8 Å². The van der Waals surface area contributed by atoms with Crippen molar-refractivity contribution in [3.05, 3.63) is 24.3 Å². The van der Waals surface area contributed by atoms with E-state index in [1.807, 2.05) is 24.3 Å². The first-order valence-corrected chi connectivity index (χ1v) is 6.42. The molecule has 0 unspecified atom stereocenters. The van der Waals surface area contributed by atoms with Crippen LogP contribution >= 0.6 is 0 Å². The zero-order valence-electron chi connectivity index (χ0n) is 11.6. The van der Waals surface area contributed by atoms with Gasteiger partial charge in [0.25, 0.3) is 0 Å². The topological polar surface area (TPSA) is 30.9 Å². The summed E-state index contributed by atoms with van der Waals surface area (Å²) in [5.41, 5.74) is 0. The lowest BCUT2D eigenvalue weighted by Gasteiger charge is -2.24. The van der Waals surface area contributed by atoms with Crippen molar-refractivity contribution in [1.82, 2.24) is 4.90 Å². The van der Waals surface area contributed by atoms with E-state index in [1.54, 1.807) is 7.11 Å². The number of benzene rings is 1. The largest absolute Gasteiger partial charge is 1.00 e. The molecule has 0 aromatic heterocycles. The fourth-order valence-corrected chi connectivity index (χ4v) is 1.83. The van der Waals surface area contributed by atoms with Crippen molar-refractivity contribution in [2.75, 3.05) is 46.6 Å². The van der Waals surface area contributed by atoms with E-state index in [1.165, 1.54) is 0 Å². The molecule has 2 rings (SSSR count). The van der Waals surface area contributed by atoms with Crippen molar-refractivity contribution >= 4 is 0 Å². The Kier molecular flexibility index (Phi) is 7.89. The van der Waals surface area contributed by atoms with E-state index >= 15 is 0 Å². The summed E-state index contributed by atoms with van der Waals surface area (Å²) in [7, 11) is 1.63. The minimum atomic E-state index is 0. The summed E-state index contributed by atoms with van der Waals surface area (Å²) in [4.78, 5) is 2.28. The summed E-state index contributed by atoms with van der Waals surface area (Å²) in [5.74, 6) is 7.60. The van der Waals surface area contributed by atoms with E-state index in [0.29, 0.717) is 6.61 Å². The van der Waals surface area contributed by atoms with Gasteiger partial charge >= 0.3 is 0 Å². The molecule has 1 saturated heterocycles. The lowest BCUT2D eigenvalue weighted by Crippen LogP contribution is -3.00. The van der Waals surface area contributed by atoms with Crippen molar-refractivity contribution in [2.45, 2.75) is 0 Å². The maximum atomic E-state index is 5.58. The second-order valence-corrected chi connectivity index (χ2v) is 4.18. The molecule has 0 atom stereocenters. The number of morpholine rings is 1. The Labute approximate surface area is 126 Å². The first kappa shape index (κ1) is 16.6. The minimum absolute atomic E-state index is 0. The number of hydrogen-bond acceptors (Lipinski definition) is 4. The van der Waals surface area contributed by atoms with Crippen LogP contribution in [0.15, 0.2) is 24.3 Å². The molecule has 1 aliphatic heterocycles. The van der Waals surface area contributed by atoms with Crippen LogP contribution in [0.4, 0.5) is 0 Å². The Morgan fingerprint density at radius 1 is 1.15 bits per heavy atom. The average molecular weight is 297 g/mol. The highest BCUT2D eigenvalue weighted by atomic mass is 35.5. The van der Waals surface area contributed by atoms with Crippen molar-refractivity contribution in [1.29, 1.82) is 0 Å². The Bertz CT molecular complexity index is 450. The smallest absolute Gasteiger partial charge is 0.162 e. The van der Waals surface area contributed by atoms with E-state index in [9.17, 15) is 0 Å². The van der Waals surface area contributed by atoms with Crippen molar-refractivity contribution in [3.8, 4) is 23.3 Å². The molecule has 0 radical (unpaired) electrons. The maximum Gasteiger partial charge on any atom is 0.162 e. The lowest BCUT2D eigenvalue weighted by molar-refractivity contribution is -0.00000594. The molecule has 1 aromatic carbocycles. The van der Waals surface area contributed by atoms with Crippen molar-refractivity contribution in [3.63, 3.8) is 0 Å². The van der Waals surface area contributed by atoms with Gasteiger partial charge in [0.1, 0.15) is 6.61 Å². The molecule has 0 N–H and O–H groups in total. The van der Waals surface area contributed by atoms with Gasteiger partial charge in [0.2, 0.25) is 0 Å². The second kappa shape index (κ2) is 9.49. The van der Waals surface area contributed by atoms with Crippen LogP contribution in [-0.4, -0.2) is 51.5 Å². The predicted octanol–water partition coefficient (Wildman–Crippen LogP) is -1.59.